The Balaban J connectivity index is 1.74. The maximum Gasteiger partial charge on any atom is 0.309 e. The smallest absolute Gasteiger partial charge is 0.309 e. The molecule has 0 saturated heterocycles. The number of carbonyl (C=O) groups is 1. The molecule has 1 aliphatic carbocycles. The quantitative estimate of drug-likeness (QED) is 0.498. The second-order valence-electron chi connectivity index (χ2n) is 7.72. The lowest BCUT2D eigenvalue weighted by Gasteiger charge is -2.34. The maximum absolute atomic E-state index is 13.6. The van der Waals surface area contributed by atoms with Crippen molar-refractivity contribution in [1.82, 2.24) is 4.98 Å². The highest BCUT2D eigenvalue weighted by molar-refractivity contribution is 7.07. The number of methoxy groups -OCH3 is 2. The van der Waals surface area contributed by atoms with Crippen molar-refractivity contribution in [3.63, 3.8) is 0 Å². The maximum atomic E-state index is 13.6. The summed E-state index contributed by atoms with van der Waals surface area (Å²) in [5.41, 5.74) is 5.59. The molecule has 0 N–H and O–H groups in total. The number of hydrogen-bond donors (Lipinski definition) is 0. The van der Waals surface area contributed by atoms with E-state index in [1.165, 1.54) is 19.2 Å². The largest absolute Gasteiger partial charge is 0.495 e. The van der Waals surface area contributed by atoms with Gasteiger partial charge >= 0.3 is 5.97 Å². The van der Waals surface area contributed by atoms with Crippen molar-refractivity contribution >= 4 is 23.0 Å². The Bertz CT molecular complexity index is 1040. The molecular formula is C24H25FN2O3S. The van der Waals surface area contributed by atoms with E-state index < -0.39 is 0 Å². The van der Waals surface area contributed by atoms with Crippen molar-refractivity contribution in [2.24, 2.45) is 5.92 Å². The zero-order valence-electron chi connectivity index (χ0n) is 17.7. The zero-order valence-corrected chi connectivity index (χ0v) is 18.6. The minimum Gasteiger partial charge on any atom is -0.495 e. The van der Waals surface area contributed by atoms with Crippen molar-refractivity contribution in [2.45, 2.75) is 24.8 Å². The highest BCUT2D eigenvalue weighted by Gasteiger charge is 2.44. The summed E-state index contributed by atoms with van der Waals surface area (Å²) in [6, 6.07) is 12.5. The summed E-state index contributed by atoms with van der Waals surface area (Å²) in [6.45, 7) is 0. The number of rotatable bonds is 6. The highest BCUT2D eigenvalue weighted by Crippen LogP contribution is 2.46. The summed E-state index contributed by atoms with van der Waals surface area (Å²) in [5.74, 6) is -0.172. The number of benzene rings is 2. The fourth-order valence-electron chi connectivity index (χ4n) is 4.63. The Morgan fingerprint density at radius 3 is 2.58 bits per heavy atom. The van der Waals surface area contributed by atoms with Crippen LogP contribution in [-0.4, -0.2) is 38.3 Å². The zero-order chi connectivity index (χ0) is 22.0. The van der Waals surface area contributed by atoms with Gasteiger partial charge in [0.25, 0.3) is 0 Å². The van der Waals surface area contributed by atoms with Gasteiger partial charge in [-0.15, -0.1) is 11.3 Å². The molecule has 4 rings (SSSR count). The summed E-state index contributed by atoms with van der Waals surface area (Å²) in [7, 11) is 5.09. The number of thiazole rings is 1. The van der Waals surface area contributed by atoms with Crippen LogP contribution in [0.2, 0.25) is 0 Å². The Hall–Kier alpha value is -2.93. The molecule has 2 aromatic carbocycles. The Morgan fingerprint density at radius 1 is 1.16 bits per heavy atom. The van der Waals surface area contributed by atoms with Gasteiger partial charge in [0.05, 0.1) is 37.0 Å². The van der Waals surface area contributed by atoms with Crippen LogP contribution in [0.5, 0.6) is 5.75 Å². The summed E-state index contributed by atoms with van der Waals surface area (Å²) in [5, 5.41) is 2.01. The molecule has 3 aromatic rings. The SMILES string of the molecule is COC(=O)C1CCC(N(C)c2cc(-c3cscn3)ccc2OC)C1c1ccc(F)cc1. The molecule has 1 aromatic heterocycles. The third-order valence-electron chi connectivity index (χ3n) is 6.16. The van der Waals surface area contributed by atoms with Crippen molar-refractivity contribution in [1.29, 1.82) is 0 Å². The van der Waals surface area contributed by atoms with E-state index in [1.54, 1.807) is 30.6 Å². The molecule has 1 heterocycles. The molecule has 0 aliphatic heterocycles. The van der Waals surface area contributed by atoms with E-state index in [1.807, 2.05) is 30.1 Å². The van der Waals surface area contributed by atoms with Gasteiger partial charge in [0.1, 0.15) is 11.6 Å². The van der Waals surface area contributed by atoms with Gasteiger partial charge in [-0.3, -0.25) is 4.79 Å². The molecule has 0 spiro atoms. The van der Waals surface area contributed by atoms with E-state index in [2.05, 4.69) is 16.0 Å². The highest BCUT2D eigenvalue weighted by atomic mass is 32.1. The average molecular weight is 441 g/mol. The van der Waals surface area contributed by atoms with Crippen LogP contribution in [0.1, 0.15) is 24.3 Å². The minimum atomic E-state index is -0.293. The summed E-state index contributed by atoms with van der Waals surface area (Å²) >= 11 is 1.55. The van der Waals surface area contributed by atoms with Crippen LogP contribution >= 0.6 is 11.3 Å². The summed E-state index contributed by atoms with van der Waals surface area (Å²) < 4.78 is 24.3. The molecule has 1 fully saturated rings. The monoisotopic (exact) mass is 440 g/mol. The van der Waals surface area contributed by atoms with Gasteiger partial charge in [-0.1, -0.05) is 12.1 Å². The first-order valence-electron chi connectivity index (χ1n) is 10.2. The van der Waals surface area contributed by atoms with E-state index in [9.17, 15) is 9.18 Å². The lowest BCUT2D eigenvalue weighted by molar-refractivity contribution is -0.145. The molecule has 3 atom stereocenters. The first-order chi connectivity index (χ1) is 15.0. The lowest BCUT2D eigenvalue weighted by atomic mass is 9.85. The van der Waals surface area contributed by atoms with Crippen LogP contribution in [0.15, 0.2) is 53.4 Å². The Labute approximate surface area is 185 Å². The summed E-state index contributed by atoms with van der Waals surface area (Å²) in [4.78, 5) is 19.1. The Morgan fingerprint density at radius 2 is 1.94 bits per heavy atom. The third kappa shape index (κ3) is 4.14. The molecule has 1 saturated carbocycles. The van der Waals surface area contributed by atoms with E-state index in [0.29, 0.717) is 6.42 Å². The topological polar surface area (TPSA) is 51.7 Å². The van der Waals surface area contributed by atoms with Gasteiger partial charge in [0, 0.05) is 30.0 Å². The lowest BCUT2D eigenvalue weighted by Crippen LogP contribution is -2.36. The number of esters is 1. The fraction of sp³-hybridized carbons (Fsp3) is 0.333. The van der Waals surface area contributed by atoms with Crippen LogP contribution in [0.25, 0.3) is 11.3 Å². The van der Waals surface area contributed by atoms with Gasteiger partial charge in [0.2, 0.25) is 0 Å². The van der Waals surface area contributed by atoms with Gasteiger partial charge < -0.3 is 14.4 Å². The van der Waals surface area contributed by atoms with Crippen LogP contribution < -0.4 is 9.64 Å². The van der Waals surface area contributed by atoms with Crippen LogP contribution in [0.3, 0.4) is 0 Å². The van der Waals surface area contributed by atoms with Crippen molar-refractivity contribution < 1.29 is 18.7 Å². The van der Waals surface area contributed by atoms with Gasteiger partial charge in [-0.05, 0) is 48.7 Å². The molecule has 7 heteroatoms. The van der Waals surface area contributed by atoms with E-state index >= 15 is 0 Å². The van der Waals surface area contributed by atoms with Crippen LogP contribution in [-0.2, 0) is 9.53 Å². The van der Waals surface area contributed by atoms with Crippen LogP contribution in [0, 0.1) is 11.7 Å². The molecule has 0 amide bonds. The number of halogens is 1. The minimum absolute atomic E-state index is 0.0224. The number of hydrogen-bond acceptors (Lipinski definition) is 6. The predicted molar refractivity (Wildman–Crippen MR) is 120 cm³/mol. The third-order valence-corrected chi connectivity index (χ3v) is 6.75. The van der Waals surface area contributed by atoms with E-state index in [-0.39, 0.29) is 29.7 Å². The first kappa shape index (κ1) is 21.3. The molecule has 5 nitrogen and oxygen atoms in total. The standard InChI is InChI=1S/C24H25FN2O3S/c1-27(21-12-16(6-11-22(21)29-2)19-13-31-14-26-19)20-10-9-18(24(28)30-3)23(20)15-4-7-17(25)8-5-15/h4-8,11-14,18,20,23H,9-10H2,1-3H3. The number of aromatic nitrogens is 1. The first-order valence-corrected chi connectivity index (χ1v) is 11.1. The molecule has 162 valence electrons. The van der Waals surface area contributed by atoms with Crippen molar-refractivity contribution in [3.8, 4) is 17.0 Å². The number of nitrogens with zero attached hydrogens (tertiary/aromatic N) is 2. The molecule has 3 unspecified atom stereocenters. The number of ether oxygens (including phenoxy) is 2. The molecular weight excluding hydrogens is 415 g/mol. The predicted octanol–water partition coefficient (Wildman–Crippen LogP) is 5.13. The molecule has 0 bridgehead atoms. The summed E-state index contributed by atoms with van der Waals surface area (Å²) in [6.07, 6.45) is 1.51. The number of likely N-dealkylation sites (N-methyl/N-ethyl adjacent to an activating group) is 1. The average Bonchev–Trinajstić information content (AvgIpc) is 3.48. The van der Waals surface area contributed by atoms with Gasteiger partial charge in [-0.25, -0.2) is 9.37 Å². The molecule has 31 heavy (non-hydrogen) atoms. The number of carbonyl (C=O) groups excluding carboxylic acids is 1. The van der Waals surface area contributed by atoms with Gasteiger partial charge in [-0.2, -0.15) is 0 Å². The van der Waals surface area contributed by atoms with E-state index in [4.69, 9.17) is 9.47 Å². The second kappa shape index (κ2) is 9.06. The van der Waals surface area contributed by atoms with E-state index in [0.717, 1.165) is 34.7 Å². The fourth-order valence-corrected chi connectivity index (χ4v) is 5.19. The van der Waals surface area contributed by atoms with Crippen molar-refractivity contribution in [3.05, 3.63) is 64.7 Å². The van der Waals surface area contributed by atoms with Gasteiger partial charge in [0.15, 0.2) is 0 Å². The van der Waals surface area contributed by atoms with Crippen LogP contribution in [0.4, 0.5) is 10.1 Å². The second-order valence-corrected chi connectivity index (χ2v) is 8.44. The number of anilines is 1. The molecule has 1 aliphatic rings. The molecule has 0 radical (unpaired) electrons. The normalized spacial score (nSPS) is 20.5. The Kier molecular flexibility index (Phi) is 6.23. The van der Waals surface area contributed by atoms with Crippen molar-refractivity contribution in [2.75, 3.05) is 26.2 Å².